The van der Waals surface area contributed by atoms with Crippen molar-refractivity contribution in [1.29, 1.82) is 0 Å². The van der Waals surface area contributed by atoms with Crippen LogP contribution in [-0.4, -0.2) is 50.9 Å². The molecule has 0 spiro atoms. The summed E-state index contributed by atoms with van der Waals surface area (Å²) in [6, 6.07) is 7.67. The maximum Gasteiger partial charge on any atom is 0.237 e. The molecule has 144 valence electrons. The molecule has 1 saturated heterocycles. The monoisotopic (exact) mass is 380 g/mol. The maximum absolute atomic E-state index is 12.8. The van der Waals surface area contributed by atoms with E-state index in [4.69, 9.17) is 0 Å². The Morgan fingerprint density at radius 1 is 1.19 bits per heavy atom. The first-order chi connectivity index (χ1) is 12.0. The van der Waals surface area contributed by atoms with E-state index < -0.39 is 10.0 Å². The highest BCUT2D eigenvalue weighted by molar-refractivity contribution is 7.88. The Balaban J connectivity index is 2.02. The van der Waals surface area contributed by atoms with Crippen LogP contribution in [0.2, 0.25) is 0 Å². The van der Waals surface area contributed by atoms with Gasteiger partial charge in [-0.1, -0.05) is 45.0 Å². The third kappa shape index (κ3) is 5.64. The molecule has 1 atom stereocenters. The third-order valence-corrected chi connectivity index (χ3v) is 5.33. The molecule has 0 bridgehead atoms. The van der Waals surface area contributed by atoms with E-state index in [-0.39, 0.29) is 29.6 Å². The first-order valence-corrected chi connectivity index (χ1v) is 10.7. The van der Waals surface area contributed by atoms with Gasteiger partial charge in [-0.05, 0) is 23.8 Å². The van der Waals surface area contributed by atoms with Crippen LogP contribution < -0.4 is 4.72 Å². The Kier molecular flexibility index (Phi) is 6.24. The SMILES string of the molecule is CC(C)(C)c1ccc(C(=O)[C@@H]2CCCN(C(=O)CNS(C)(=O)=O)C2)cc1. The van der Waals surface area contributed by atoms with Crippen LogP contribution in [0.3, 0.4) is 0 Å². The van der Waals surface area contributed by atoms with E-state index in [9.17, 15) is 18.0 Å². The summed E-state index contributed by atoms with van der Waals surface area (Å²) in [5.74, 6) is -0.499. The lowest BCUT2D eigenvalue weighted by Gasteiger charge is -2.32. The summed E-state index contributed by atoms with van der Waals surface area (Å²) in [5, 5.41) is 0. The molecular formula is C19H28N2O4S. The lowest BCUT2D eigenvalue weighted by atomic mass is 9.85. The molecule has 0 radical (unpaired) electrons. The van der Waals surface area contributed by atoms with Gasteiger partial charge >= 0.3 is 0 Å². The number of nitrogens with one attached hydrogen (secondary N) is 1. The summed E-state index contributed by atoms with van der Waals surface area (Å²) in [5.41, 5.74) is 1.86. The molecule has 26 heavy (non-hydrogen) atoms. The molecule has 1 heterocycles. The van der Waals surface area contributed by atoms with Gasteiger partial charge in [0.2, 0.25) is 15.9 Å². The topological polar surface area (TPSA) is 83.6 Å². The van der Waals surface area contributed by atoms with Crippen LogP contribution in [0, 0.1) is 5.92 Å². The van der Waals surface area contributed by atoms with Crippen LogP contribution in [0.5, 0.6) is 0 Å². The number of hydrogen-bond acceptors (Lipinski definition) is 4. The summed E-state index contributed by atoms with van der Waals surface area (Å²) in [6.45, 7) is 7.00. The number of amides is 1. The van der Waals surface area contributed by atoms with Crippen LogP contribution in [0.1, 0.15) is 49.5 Å². The fraction of sp³-hybridized carbons (Fsp3) is 0.579. The van der Waals surface area contributed by atoms with Gasteiger partial charge in [0.25, 0.3) is 0 Å². The van der Waals surface area contributed by atoms with Crippen molar-refractivity contribution in [3.8, 4) is 0 Å². The molecule has 7 heteroatoms. The summed E-state index contributed by atoms with van der Waals surface area (Å²) >= 11 is 0. The summed E-state index contributed by atoms with van der Waals surface area (Å²) in [6.07, 6.45) is 2.49. The molecule has 0 aromatic heterocycles. The number of hydrogen-bond donors (Lipinski definition) is 1. The standard InChI is InChI=1S/C19H28N2O4S/c1-19(2,3)16-9-7-14(8-10-16)18(23)15-6-5-11-21(13-15)17(22)12-20-26(4,24)25/h7-10,15,20H,5-6,11-13H2,1-4H3/t15-/m1/s1. The largest absolute Gasteiger partial charge is 0.341 e. The Morgan fingerprint density at radius 2 is 1.81 bits per heavy atom. The van der Waals surface area contributed by atoms with Crippen molar-refractivity contribution in [3.05, 3.63) is 35.4 Å². The van der Waals surface area contributed by atoms with Crippen LogP contribution in [0.15, 0.2) is 24.3 Å². The van der Waals surface area contributed by atoms with Gasteiger partial charge in [-0.3, -0.25) is 9.59 Å². The molecule has 2 rings (SSSR count). The smallest absolute Gasteiger partial charge is 0.237 e. The van der Waals surface area contributed by atoms with E-state index in [2.05, 4.69) is 25.5 Å². The molecule has 1 aliphatic rings. The molecule has 1 amide bonds. The molecule has 1 aromatic rings. The van der Waals surface area contributed by atoms with Crippen molar-refractivity contribution in [1.82, 2.24) is 9.62 Å². The number of nitrogens with zero attached hydrogens (tertiary/aromatic N) is 1. The number of Topliss-reactive ketones (excluding diaryl/α,β-unsaturated/α-hetero) is 1. The van der Waals surface area contributed by atoms with Crippen molar-refractivity contribution in [2.75, 3.05) is 25.9 Å². The predicted octanol–water partition coefficient (Wildman–Crippen LogP) is 1.95. The molecule has 0 saturated carbocycles. The Labute approximate surface area is 156 Å². The highest BCUT2D eigenvalue weighted by Gasteiger charge is 2.29. The number of benzene rings is 1. The van der Waals surface area contributed by atoms with Crippen molar-refractivity contribution < 1.29 is 18.0 Å². The van der Waals surface area contributed by atoms with Crippen molar-refractivity contribution in [3.63, 3.8) is 0 Å². The first kappa shape index (κ1) is 20.6. The molecule has 0 aliphatic carbocycles. The zero-order chi connectivity index (χ0) is 19.5. The van der Waals surface area contributed by atoms with E-state index >= 15 is 0 Å². The Hall–Kier alpha value is -1.73. The second-order valence-electron chi connectivity index (χ2n) is 7.96. The van der Waals surface area contributed by atoms with E-state index in [0.29, 0.717) is 18.7 Å². The minimum Gasteiger partial charge on any atom is -0.341 e. The quantitative estimate of drug-likeness (QED) is 0.792. The van der Waals surface area contributed by atoms with Gasteiger partial charge in [-0.15, -0.1) is 0 Å². The van der Waals surface area contributed by atoms with Crippen LogP contribution >= 0.6 is 0 Å². The van der Waals surface area contributed by atoms with E-state index in [1.165, 1.54) is 5.56 Å². The van der Waals surface area contributed by atoms with Gasteiger partial charge < -0.3 is 4.90 Å². The summed E-state index contributed by atoms with van der Waals surface area (Å²) < 4.78 is 24.5. The number of carbonyl (C=O) groups excluding carboxylic acids is 2. The highest BCUT2D eigenvalue weighted by Crippen LogP contribution is 2.25. The molecule has 6 nitrogen and oxygen atoms in total. The van der Waals surface area contributed by atoms with Gasteiger partial charge in [-0.25, -0.2) is 13.1 Å². The lowest BCUT2D eigenvalue weighted by molar-refractivity contribution is -0.131. The van der Waals surface area contributed by atoms with Crippen molar-refractivity contribution in [2.45, 2.75) is 39.0 Å². The number of ketones is 1. The number of carbonyl (C=O) groups is 2. The summed E-state index contributed by atoms with van der Waals surface area (Å²) in [7, 11) is -3.41. The molecule has 1 N–H and O–H groups in total. The zero-order valence-corrected chi connectivity index (χ0v) is 16.7. The van der Waals surface area contributed by atoms with Gasteiger partial charge in [0, 0.05) is 24.6 Å². The molecule has 1 aliphatic heterocycles. The van der Waals surface area contributed by atoms with Crippen LogP contribution in [0.25, 0.3) is 0 Å². The van der Waals surface area contributed by atoms with E-state index in [1.54, 1.807) is 4.90 Å². The molecule has 1 fully saturated rings. The van der Waals surface area contributed by atoms with Crippen molar-refractivity contribution >= 4 is 21.7 Å². The van der Waals surface area contributed by atoms with Crippen LogP contribution in [0.4, 0.5) is 0 Å². The number of rotatable bonds is 5. The van der Waals surface area contributed by atoms with Crippen LogP contribution in [-0.2, 0) is 20.2 Å². The highest BCUT2D eigenvalue weighted by atomic mass is 32.2. The van der Waals surface area contributed by atoms with E-state index in [0.717, 1.165) is 19.1 Å². The van der Waals surface area contributed by atoms with Gasteiger partial charge in [-0.2, -0.15) is 0 Å². The minimum absolute atomic E-state index is 0.0300. The maximum atomic E-state index is 12.8. The Morgan fingerprint density at radius 3 is 2.35 bits per heavy atom. The minimum atomic E-state index is -3.41. The number of sulfonamides is 1. The van der Waals surface area contributed by atoms with Gasteiger partial charge in [0.05, 0.1) is 12.8 Å². The molecule has 1 aromatic carbocycles. The second-order valence-corrected chi connectivity index (χ2v) is 9.80. The molecule has 0 unspecified atom stereocenters. The first-order valence-electron chi connectivity index (χ1n) is 8.84. The zero-order valence-electron chi connectivity index (χ0n) is 15.9. The summed E-state index contributed by atoms with van der Waals surface area (Å²) in [4.78, 5) is 26.6. The molecular weight excluding hydrogens is 352 g/mol. The van der Waals surface area contributed by atoms with Crippen molar-refractivity contribution in [2.24, 2.45) is 5.92 Å². The lowest BCUT2D eigenvalue weighted by Crippen LogP contribution is -2.46. The number of piperidine rings is 1. The van der Waals surface area contributed by atoms with Gasteiger partial charge in [0.1, 0.15) is 0 Å². The normalized spacial score (nSPS) is 18.6. The fourth-order valence-corrected chi connectivity index (χ4v) is 3.48. The Bertz CT molecular complexity index is 764. The predicted molar refractivity (Wildman–Crippen MR) is 102 cm³/mol. The fourth-order valence-electron chi connectivity index (χ4n) is 3.09. The second kappa shape index (κ2) is 7.88. The third-order valence-electron chi connectivity index (χ3n) is 4.67. The average Bonchev–Trinajstić information content (AvgIpc) is 2.58. The average molecular weight is 381 g/mol. The van der Waals surface area contributed by atoms with Gasteiger partial charge in [0.15, 0.2) is 5.78 Å². The van der Waals surface area contributed by atoms with E-state index in [1.807, 2.05) is 24.3 Å². The number of likely N-dealkylation sites (tertiary alicyclic amines) is 1.